The van der Waals surface area contributed by atoms with Gasteiger partial charge in [-0.15, -0.1) is 0 Å². The molecule has 1 heterocycles. The zero-order valence-electron chi connectivity index (χ0n) is 11.5. The average Bonchev–Trinajstić information content (AvgIpc) is 2.18. The fourth-order valence-electron chi connectivity index (χ4n) is 1.31. The molecule has 0 spiro atoms. The van der Waals surface area contributed by atoms with Gasteiger partial charge in [-0.1, -0.05) is 6.07 Å². The van der Waals surface area contributed by atoms with Crippen LogP contribution < -0.4 is 5.09 Å². The van der Waals surface area contributed by atoms with Gasteiger partial charge in [0.15, 0.2) is 0 Å². The minimum absolute atomic E-state index is 0.201. The quantitative estimate of drug-likeness (QED) is 0.799. The Bertz CT molecular complexity index is 404. The van der Waals surface area contributed by atoms with Crippen LogP contribution in [0, 0.1) is 6.92 Å². The molecular weight excluding hydrogens is 251 g/mol. The predicted molar refractivity (Wildman–Crippen MR) is 72.6 cm³/mol. The van der Waals surface area contributed by atoms with Gasteiger partial charge in [0.2, 0.25) is 0 Å². The number of hydrogen-bond acceptors (Lipinski definition) is 4. The third-order valence-corrected chi connectivity index (χ3v) is 3.76. The Kier molecular flexibility index (Phi) is 5.32. The SMILES string of the molecule is Cc1ccc(NP(=O)(OC(C)C)OC(C)C)nc1. The number of nitrogens with one attached hydrogen (secondary N) is 1. The van der Waals surface area contributed by atoms with Crippen LogP contribution in [0.1, 0.15) is 33.3 Å². The fraction of sp³-hybridized carbons (Fsp3) is 0.583. The topological polar surface area (TPSA) is 60.5 Å². The fourth-order valence-corrected chi connectivity index (χ4v) is 2.98. The molecule has 6 heteroatoms. The molecule has 1 aromatic heterocycles. The van der Waals surface area contributed by atoms with Crippen LogP contribution in [0.25, 0.3) is 0 Å². The van der Waals surface area contributed by atoms with Crippen molar-refractivity contribution in [2.45, 2.75) is 46.8 Å². The zero-order valence-corrected chi connectivity index (χ0v) is 12.4. The lowest BCUT2D eigenvalue weighted by Crippen LogP contribution is -2.13. The van der Waals surface area contributed by atoms with Gasteiger partial charge < -0.3 is 0 Å². The molecule has 0 saturated carbocycles. The van der Waals surface area contributed by atoms with Gasteiger partial charge in [0, 0.05) is 6.20 Å². The Morgan fingerprint density at radius 2 is 1.72 bits per heavy atom. The molecule has 1 N–H and O–H groups in total. The molecule has 0 bridgehead atoms. The Labute approximate surface area is 109 Å². The van der Waals surface area contributed by atoms with Crippen molar-refractivity contribution in [3.8, 4) is 0 Å². The molecule has 0 atom stereocenters. The summed E-state index contributed by atoms with van der Waals surface area (Å²) in [5.74, 6) is 0.477. The molecule has 0 fully saturated rings. The second kappa shape index (κ2) is 6.32. The first-order valence-corrected chi connectivity index (χ1v) is 7.53. The second-order valence-corrected chi connectivity index (χ2v) is 6.28. The number of nitrogens with zero attached hydrogens (tertiary/aromatic N) is 1. The van der Waals surface area contributed by atoms with Crippen LogP contribution >= 0.6 is 7.75 Å². The first-order valence-electron chi connectivity index (χ1n) is 5.98. The van der Waals surface area contributed by atoms with E-state index in [-0.39, 0.29) is 12.2 Å². The molecule has 1 aromatic rings. The summed E-state index contributed by atoms with van der Waals surface area (Å²) in [6.07, 6.45) is 1.29. The van der Waals surface area contributed by atoms with Crippen LogP contribution in [-0.2, 0) is 13.6 Å². The van der Waals surface area contributed by atoms with E-state index in [0.717, 1.165) is 5.56 Å². The lowest BCUT2D eigenvalue weighted by atomic mass is 10.3. The summed E-state index contributed by atoms with van der Waals surface area (Å²) in [6, 6.07) is 3.62. The summed E-state index contributed by atoms with van der Waals surface area (Å²) in [5, 5.41) is 2.75. The third kappa shape index (κ3) is 5.17. The summed E-state index contributed by atoms with van der Waals surface area (Å²) in [4.78, 5) is 4.13. The monoisotopic (exact) mass is 272 g/mol. The van der Waals surface area contributed by atoms with E-state index in [4.69, 9.17) is 9.05 Å². The van der Waals surface area contributed by atoms with E-state index in [0.29, 0.717) is 5.82 Å². The largest absolute Gasteiger partial charge is 0.434 e. The van der Waals surface area contributed by atoms with Crippen molar-refractivity contribution in [2.75, 3.05) is 5.09 Å². The van der Waals surface area contributed by atoms with Gasteiger partial charge in [0.25, 0.3) is 0 Å². The van der Waals surface area contributed by atoms with Crippen molar-refractivity contribution in [3.05, 3.63) is 23.9 Å². The van der Waals surface area contributed by atoms with E-state index in [1.807, 2.05) is 13.0 Å². The van der Waals surface area contributed by atoms with E-state index < -0.39 is 7.75 Å². The molecule has 0 radical (unpaired) electrons. The van der Waals surface area contributed by atoms with Gasteiger partial charge in [-0.3, -0.25) is 14.1 Å². The maximum Gasteiger partial charge on any atom is 0.434 e. The highest BCUT2D eigenvalue weighted by molar-refractivity contribution is 7.55. The number of aryl methyl sites for hydroxylation is 1. The summed E-state index contributed by atoms with van der Waals surface area (Å²) in [7, 11) is -3.38. The normalized spacial score (nSPS) is 12.2. The maximum atomic E-state index is 12.5. The van der Waals surface area contributed by atoms with Crippen LogP contribution in [0.4, 0.5) is 5.82 Å². The molecule has 0 aliphatic heterocycles. The minimum atomic E-state index is -3.38. The van der Waals surface area contributed by atoms with Crippen molar-refractivity contribution in [1.29, 1.82) is 0 Å². The predicted octanol–water partition coefficient (Wildman–Crippen LogP) is 3.76. The Morgan fingerprint density at radius 3 is 2.11 bits per heavy atom. The number of rotatable bonds is 6. The Hall–Kier alpha value is -0.900. The highest BCUT2D eigenvalue weighted by atomic mass is 31.2. The molecule has 0 saturated heterocycles. The van der Waals surface area contributed by atoms with Crippen molar-refractivity contribution in [2.24, 2.45) is 0 Å². The second-order valence-electron chi connectivity index (χ2n) is 4.64. The van der Waals surface area contributed by atoms with Gasteiger partial charge >= 0.3 is 7.75 Å². The van der Waals surface area contributed by atoms with Crippen LogP contribution in [0.3, 0.4) is 0 Å². The molecule has 0 aliphatic rings. The van der Waals surface area contributed by atoms with Crippen molar-refractivity contribution in [3.63, 3.8) is 0 Å². The molecule has 102 valence electrons. The third-order valence-electron chi connectivity index (χ3n) is 1.86. The van der Waals surface area contributed by atoms with Crippen molar-refractivity contribution >= 4 is 13.6 Å². The highest BCUT2D eigenvalue weighted by Crippen LogP contribution is 2.49. The lowest BCUT2D eigenvalue weighted by molar-refractivity contribution is 0.146. The van der Waals surface area contributed by atoms with E-state index >= 15 is 0 Å². The van der Waals surface area contributed by atoms with Crippen LogP contribution in [0.15, 0.2) is 18.3 Å². The molecule has 18 heavy (non-hydrogen) atoms. The van der Waals surface area contributed by atoms with E-state index in [1.54, 1.807) is 40.0 Å². The molecule has 0 aromatic carbocycles. The molecule has 0 aliphatic carbocycles. The summed E-state index contributed by atoms with van der Waals surface area (Å²) in [6.45, 7) is 9.16. The van der Waals surface area contributed by atoms with E-state index in [9.17, 15) is 4.57 Å². The van der Waals surface area contributed by atoms with E-state index in [2.05, 4.69) is 10.1 Å². The molecule has 0 amide bonds. The first kappa shape index (κ1) is 15.2. The smallest absolute Gasteiger partial charge is 0.290 e. The number of hydrogen-bond donors (Lipinski definition) is 1. The van der Waals surface area contributed by atoms with Crippen LogP contribution in [0.2, 0.25) is 0 Å². The van der Waals surface area contributed by atoms with Gasteiger partial charge in [0.05, 0.1) is 12.2 Å². The summed E-state index contributed by atoms with van der Waals surface area (Å²) < 4.78 is 23.2. The number of anilines is 1. The van der Waals surface area contributed by atoms with Crippen molar-refractivity contribution in [1.82, 2.24) is 4.98 Å². The number of pyridine rings is 1. The standard InChI is InChI=1S/C12H21N2O3P/c1-9(2)16-18(15,17-10(3)4)14-12-7-6-11(5)8-13-12/h6-10H,1-5H3,(H,13,14,15). The first-order chi connectivity index (χ1) is 8.31. The lowest BCUT2D eigenvalue weighted by Gasteiger charge is -2.23. The Balaban J connectivity index is 2.84. The van der Waals surface area contributed by atoms with Gasteiger partial charge in [-0.25, -0.2) is 9.55 Å². The molecule has 5 nitrogen and oxygen atoms in total. The maximum absolute atomic E-state index is 12.5. The van der Waals surface area contributed by atoms with E-state index in [1.165, 1.54) is 0 Å². The summed E-state index contributed by atoms with van der Waals surface area (Å²) >= 11 is 0. The average molecular weight is 272 g/mol. The van der Waals surface area contributed by atoms with Crippen LogP contribution in [0.5, 0.6) is 0 Å². The summed E-state index contributed by atoms with van der Waals surface area (Å²) in [5.41, 5.74) is 1.03. The Morgan fingerprint density at radius 1 is 1.17 bits per heavy atom. The zero-order chi connectivity index (χ0) is 13.8. The highest BCUT2D eigenvalue weighted by Gasteiger charge is 2.28. The van der Waals surface area contributed by atoms with Crippen LogP contribution in [-0.4, -0.2) is 17.2 Å². The van der Waals surface area contributed by atoms with Gasteiger partial charge in [-0.05, 0) is 46.2 Å². The van der Waals surface area contributed by atoms with Gasteiger partial charge in [-0.2, -0.15) is 0 Å². The van der Waals surface area contributed by atoms with Crippen molar-refractivity contribution < 1.29 is 13.6 Å². The molecule has 1 rings (SSSR count). The number of aromatic nitrogens is 1. The molecule has 0 unspecified atom stereocenters. The van der Waals surface area contributed by atoms with Gasteiger partial charge in [0.1, 0.15) is 5.82 Å². The minimum Gasteiger partial charge on any atom is -0.290 e. The molecular formula is C12H21N2O3P.